The molecule has 0 bridgehead atoms. The third-order valence-electron chi connectivity index (χ3n) is 1.57. The average Bonchev–Trinajstić information content (AvgIpc) is 1.99. The maximum atomic E-state index is 9.21. The Kier molecular flexibility index (Phi) is 4.86. The fraction of sp³-hybridized carbons (Fsp3) is 0.250. The van der Waals surface area contributed by atoms with Crippen LogP contribution in [0.2, 0.25) is 10.0 Å². The van der Waals surface area contributed by atoms with E-state index >= 15 is 0 Å². The largest absolute Gasteiger partial charge is 0.505 e. The first-order valence-electron chi connectivity index (χ1n) is 3.46. The lowest BCUT2D eigenvalue weighted by Crippen LogP contribution is -2.04. The molecule has 5 heteroatoms. The molecule has 0 aliphatic heterocycles. The molecule has 0 radical (unpaired) electrons. The van der Waals surface area contributed by atoms with Gasteiger partial charge in [-0.15, -0.1) is 12.4 Å². The van der Waals surface area contributed by atoms with Gasteiger partial charge in [-0.2, -0.15) is 0 Å². The first kappa shape index (κ1) is 12.8. The minimum Gasteiger partial charge on any atom is -0.505 e. The van der Waals surface area contributed by atoms with E-state index in [-0.39, 0.29) is 34.2 Å². The highest BCUT2D eigenvalue weighted by Crippen LogP contribution is 2.33. The van der Waals surface area contributed by atoms with Crippen LogP contribution in [0.25, 0.3) is 0 Å². The van der Waals surface area contributed by atoms with Gasteiger partial charge in [0.15, 0.2) is 5.75 Å². The van der Waals surface area contributed by atoms with E-state index in [1.54, 1.807) is 12.1 Å². The summed E-state index contributed by atoms with van der Waals surface area (Å²) in [7, 11) is 0. The highest BCUT2D eigenvalue weighted by Gasteiger charge is 2.08. The van der Waals surface area contributed by atoms with E-state index in [9.17, 15) is 5.11 Å². The lowest BCUT2D eigenvalue weighted by molar-refractivity contribution is 0.475. The average molecular weight is 243 g/mol. The number of halogens is 3. The van der Waals surface area contributed by atoms with E-state index in [1.807, 2.05) is 6.92 Å². The zero-order chi connectivity index (χ0) is 9.30. The van der Waals surface area contributed by atoms with Crippen LogP contribution in [0.15, 0.2) is 12.1 Å². The Morgan fingerprint density at radius 3 is 2.00 bits per heavy atom. The number of aromatic hydroxyl groups is 1. The van der Waals surface area contributed by atoms with E-state index < -0.39 is 0 Å². The minimum absolute atomic E-state index is 0. The van der Waals surface area contributed by atoms with Crippen molar-refractivity contribution in [3.05, 3.63) is 27.7 Å². The Hall–Kier alpha value is -0.150. The molecule has 0 saturated carbocycles. The molecule has 1 aromatic rings. The maximum Gasteiger partial charge on any atom is 0.152 e. The molecule has 0 unspecified atom stereocenters. The summed E-state index contributed by atoms with van der Waals surface area (Å²) in [5, 5.41) is 9.67. The Labute approximate surface area is 93.1 Å². The van der Waals surface area contributed by atoms with Crippen molar-refractivity contribution < 1.29 is 5.11 Å². The van der Waals surface area contributed by atoms with Crippen LogP contribution in [-0.4, -0.2) is 5.11 Å². The molecule has 0 spiro atoms. The summed E-state index contributed by atoms with van der Waals surface area (Å²) < 4.78 is 0. The summed E-state index contributed by atoms with van der Waals surface area (Å²) in [4.78, 5) is 0. The predicted octanol–water partition coefficient (Wildman–Crippen LogP) is 3.14. The van der Waals surface area contributed by atoms with Crippen molar-refractivity contribution in [3.8, 4) is 5.75 Å². The molecule has 0 heterocycles. The molecule has 74 valence electrons. The van der Waals surface area contributed by atoms with Crippen molar-refractivity contribution in [1.29, 1.82) is 0 Å². The monoisotopic (exact) mass is 241 g/mol. The molecule has 1 atom stereocenters. The molecule has 3 N–H and O–H groups in total. The van der Waals surface area contributed by atoms with Crippen LogP contribution in [0, 0.1) is 0 Å². The lowest BCUT2D eigenvalue weighted by atomic mass is 10.1. The third-order valence-corrected chi connectivity index (χ3v) is 2.14. The zero-order valence-electron chi connectivity index (χ0n) is 6.92. The SMILES string of the molecule is C[C@H](N)c1cc(Cl)c(O)c(Cl)c1.Cl. The summed E-state index contributed by atoms with van der Waals surface area (Å²) in [6.45, 7) is 1.82. The molecule has 0 aliphatic rings. The molecule has 0 aromatic heterocycles. The van der Waals surface area contributed by atoms with Crippen LogP contribution in [0.3, 0.4) is 0 Å². The van der Waals surface area contributed by atoms with Crippen molar-refractivity contribution in [3.63, 3.8) is 0 Å². The fourth-order valence-electron chi connectivity index (χ4n) is 0.848. The van der Waals surface area contributed by atoms with Crippen molar-refractivity contribution in [2.75, 3.05) is 0 Å². The summed E-state index contributed by atoms with van der Waals surface area (Å²) in [6.07, 6.45) is 0. The Morgan fingerprint density at radius 1 is 1.31 bits per heavy atom. The third kappa shape index (κ3) is 2.92. The Morgan fingerprint density at radius 2 is 1.69 bits per heavy atom. The van der Waals surface area contributed by atoms with E-state index in [0.29, 0.717) is 0 Å². The van der Waals surface area contributed by atoms with E-state index in [0.717, 1.165) is 5.56 Å². The molecule has 0 amide bonds. The number of phenols is 1. The summed E-state index contributed by atoms with van der Waals surface area (Å²) in [5.74, 6) is -0.0947. The minimum atomic E-state index is -0.138. The van der Waals surface area contributed by atoms with Crippen molar-refractivity contribution in [2.24, 2.45) is 5.73 Å². The number of hydrogen-bond acceptors (Lipinski definition) is 2. The van der Waals surface area contributed by atoms with Crippen LogP contribution in [0.4, 0.5) is 0 Å². The van der Waals surface area contributed by atoms with Crippen LogP contribution < -0.4 is 5.73 Å². The number of hydrogen-bond donors (Lipinski definition) is 2. The summed E-state index contributed by atoms with van der Waals surface area (Å²) in [5.41, 5.74) is 6.41. The van der Waals surface area contributed by atoms with Gasteiger partial charge in [-0.25, -0.2) is 0 Å². The summed E-state index contributed by atoms with van der Waals surface area (Å²) in [6, 6.07) is 3.07. The Bertz CT molecular complexity index is 278. The molecular formula is C8H10Cl3NO. The number of rotatable bonds is 1. The zero-order valence-corrected chi connectivity index (χ0v) is 9.25. The van der Waals surface area contributed by atoms with Gasteiger partial charge in [0.1, 0.15) is 0 Å². The van der Waals surface area contributed by atoms with Gasteiger partial charge in [0, 0.05) is 6.04 Å². The van der Waals surface area contributed by atoms with Crippen molar-refractivity contribution in [2.45, 2.75) is 13.0 Å². The second-order valence-electron chi connectivity index (χ2n) is 2.62. The van der Waals surface area contributed by atoms with Gasteiger partial charge in [0.25, 0.3) is 0 Å². The molecule has 13 heavy (non-hydrogen) atoms. The highest BCUT2D eigenvalue weighted by molar-refractivity contribution is 6.37. The number of benzene rings is 1. The predicted molar refractivity (Wildman–Crippen MR) is 58.0 cm³/mol. The van der Waals surface area contributed by atoms with Crippen molar-refractivity contribution in [1.82, 2.24) is 0 Å². The normalized spacial score (nSPS) is 12.0. The van der Waals surface area contributed by atoms with E-state index in [4.69, 9.17) is 28.9 Å². The molecule has 0 saturated heterocycles. The van der Waals surface area contributed by atoms with Gasteiger partial charge < -0.3 is 10.8 Å². The van der Waals surface area contributed by atoms with Gasteiger partial charge in [-0.1, -0.05) is 23.2 Å². The number of phenolic OH excluding ortho intramolecular Hbond substituents is 1. The lowest BCUT2D eigenvalue weighted by Gasteiger charge is -2.07. The topological polar surface area (TPSA) is 46.2 Å². The standard InChI is InChI=1S/C8H9Cl2NO.ClH/c1-4(11)5-2-6(9)8(12)7(10)3-5;/h2-4,12H,11H2,1H3;1H/t4-;/m0./s1. The molecular weight excluding hydrogens is 232 g/mol. The first-order chi connectivity index (χ1) is 5.52. The van der Waals surface area contributed by atoms with Crippen LogP contribution in [0.1, 0.15) is 18.5 Å². The van der Waals surface area contributed by atoms with E-state index in [1.165, 1.54) is 0 Å². The van der Waals surface area contributed by atoms with Gasteiger partial charge in [0.2, 0.25) is 0 Å². The van der Waals surface area contributed by atoms with Gasteiger partial charge in [0.05, 0.1) is 10.0 Å². The molecule has 1 aromatic carbocycles. The van der Waals surface area contributed by atoms with Crippen molar-refractivity contribution >= 4 is 35.6 Å². The van der Waals surface area contributed by atoms with Crippen LogP contribution in [-0.2, 0) is 0 Å². The maximum absolute atomic E-state index is 9.21. The number of nitrogens with two attached hydrogens (primary N) is 1. The van der Waals surface area contributed by atoms with Gasteiger partial charge in [-0.05, 0) is 24.6 Å². The fourth-order valence-corrected chi connectivity index (χ4v) is 1.35. The summed E-state index contributed by atoms with van der Waals surface area (Å²) >= 11 is 11.3. The second kappa shape index (κ2) is 4.91. The first-order valence-corrected chi connectivity index (χ1v) is 4.21. The molecule has 0 aliphatic carbocycles. The smallest absolute Gasteiger partial charge is 0.152 e. The van der Waals surface area contributed by atoms with E-state index in [2.05, 4.69) is 0 Å². The Balaban J connectivity index is 0.00000144. The highest BCUT2D eigenvalue weighted by atomic mass is 35.5. The quantitative estimate of drug-likeness (QED) is 0.795. The van der Waals surface area contributed by atoms with Gasteiger partial charge >= 0.3 is 0 Å². The molecule has 2 nitrogen and oxygen atoms in total. The molecule has 0 fully saturated rings. The molecule has 1 rings (SSSR count). The second-order valence-corrected chi connectivity index (χ2v) is 3.44. The van der Waals surface area contributed by atoms with Crippen LogP contribution >= 0.6 is 35.6 Å². The van der Waals surface area contributed by atoms with Crippen LogP contribution in [0.5, 0.6) is 5.75 Å². The van der Waals surface area contributed by atoms with Gasteiger partial charge in [-0.3, -0.25) is 0 Å².